The normalized spacial score (nSPS) is 11.8. The summed E-state index contributed by atoms with van der Waals surface area (Å²) in [5.74, 6) is 2.53. The predicted octanol–water partition coefficient (Wildman–Crippen LogP) is 6.49. The molecule has 0 fully saturated rings. The maximum absolute atomic E-state index is 6.17. The van der Waals surface area contributed by atoms with Gasteiger partial charge in [-0.3, -0.25) is 0 Å². The Labute approximate surface area is 172 Å². The molecular formula is C25H25NO3. The van der Waals surface area contributed by atoms with Gasteiger partial charge in [-0.25, -0.2) is 4.99 Å². The molecule has 29 heavy (non-hydrogen) atoms. The van der Waals surface area contributed by atoms with Crippen LogP contribution in [-0.2, 0) is 0 Å². The molecule has 0 saturated carbocycles. The summed E-state index contributed by atoms with van der Waals surface area (Å²) in [5.41, 5.74) is 2.77. The number of hydrogen-bond acceptors (Lipinski definition) is 4. The van der Waals surface area contributed by atoms with Gasteiger partial charge in [-0.1, -0.05) is 49.4 Å². The number of aliphatic imine (C=N–C) groups is 1. The molecule has 0 aliphatic heterocycles. The number of rotatable bonds is 7. The molecule has 0 unspecified atom stereocenters. The van der Waals surface area contributed by atoms with E-state index in [4.69, 9.17) is 19.2 Å². The predicted molar refractivity (Wildman–Crippen MR) is 117 cm³/mol. The molecule has 3 rings (SSSR count). The van der Waals surface area contributed by atoms with Crippen LogP contribution in [0.3, 0.4) is 0 Å². The van der Waals surface area contributed by atoms with Crippen molar-refractivity contribution in [1.82, 2.24) is 0 Å². The summed E-state index contributed by atoms with van der Waals surface area (Å²) < 4.78 is 17.4. The summed E-state index contributed by atoms with van der Waals surface area (Å²) in [4.78, 5) is 4.72. The molecule has 0 atom stereocenters. The molecule has 4 nitrogen and oxygen atoms in total. The van der Waals surface area contributed by atoms with E-state index in [0.29, 0.717) is 23.8 Å². The van der Waals surface area contributed by atoms with Crippen LogP contribution in [-0.4, -0.2) is 13.0 Å². The van der Waals surface area contributed by atoms with Crippen LogP contribution in [0.4, 0.5) is 5.69 Å². The van der Waals surface area contributed by atoms with Crippen LogP contribution in [0.25, 0.3) is 0 Å². The maximum atomic E-state index is 6.17. The Balaban J connectivity index is 1.95. The van der Waals surface area contributed by atoms with Crippen LogP contribution in [0.15, 0.2) is 95.7 Å². The first-order chi connectivity index (χ1) is 14.2. The first-order valence-corrected chi connectivity index (χ1v) is 9.57. The molecule has 0 N–H and O–H groups in total. The van der Waals surface area contributed by atoms with Crippen LogP contribution < -0.4 is 14.2 Å². The molecule has 3 aromatic rings. The lowest BCUT2D eigenvalue weighted by atomic mass is 10.2. The van der Waals surface area contributed by atoms with Gasteiger partial charge in [0.05, 0.1) is 19.1 Å². The second-order valence-corrected chi connectivity index (χ2v) is 6.44. The Morgan fingerprint density at radius 2 is 1.62 bits per heavy atom. The number of ether oxygens (including phenoxy) is 3. The summed E-state index contributed by atoms with van der Waals surface area (Å²) >= 11 is 0. The molecule has 0 amide bonds. The lowest BCUT2D eigenvalue weighted by Gasteiger charge is -2.13. The Bertz CT molecular complexity index is 994. The molecule has 0 bridgehead atoms. The van der Waals surface area contributed by atoms with Gasteiger partial charge >= 0.3 is 0 Å². The van der Waals surface area contributed by atoms with Crippen molar-refractivity contribution in [3.05, 3.63) is 96.3 Å². The third kappa shape index (κ3) is 5.72. The highest BCUT2D eigenvalue weighted by Gasteiger charge is 2.12. The maximum Gasteiger partial charge on any atom is 0.226 e. The van der Waals surface area contributed by atoms with E-state index < -0.39 is 0 Å². The molecule has 0 aliphatic rings. The molecule has 0 spiro atoms. The summed E-state index contributed by atoms with van der Waals surface area (Å²) in [6, 6.07) is 25.1. The standard InChI is InChI=1S/C25H25NO3/c1-4-20(18-28-24-16-9-8-15-23(24)27-3)25(26-21-12-6-5-7-13-21)29-22-14-10-11-19(2)17-22/h5-18H,4H2,1-3H3. The zero-order valence-electron chi connectivity index (χ0n) is 17.0. The fourth-order valence-electron chi connectivity index (χ4n) is 2.71. The number of benzene rings is 3. The van der Waals surface area contributed by atoms with Crippen LogP contribution in [0, 0.1) is 6.92 Å². The Kier molecular flexibility index (Phi) is 7.06. The van der Waals surface area contributed by atoms with Crippen molar-refractivity contribution in [2.75, 3.05) is 7.11 Å². The van der Waals surface area contributed by atoms with Gasteiger partial charge in [0.25, 0.3) is 0 Å². The molecule has 148 valence electrons. The number of hydrogen-bond donors (Lipinski definition) is 0. The topological polar surface area (TPSA) is 40.0 Å². The molecule has 0 radical (unpaired) electrons. The minimum atomic E-state index is 0.499. The number of methoxy groups -OCH3 is 1. The van der Waals surface area contributed by atoms with E-state index in [9.17, 15) is 0 Å². The van der Waals surface area contributed by atoms with Crippen LogP contribution >= 0.6 is 0 Å². The van der Waals surface area contributed by atoms with E-state index in [-0.39, 0.29) is 0 Å². The molecule has 0 aromatic heterocycles. The Hall–Kier alpha value is -3.53. The Morgan fingerprint density at radius 3 is 2.31 bits per heavy atom. The number of nitrogens with zero attached hydrogens (tertiary/aromatic N) is 1. The third-order valence-electron chi connectivity index (χ3n) is 4.24. The first-order valence-electron chi connectivity index (χ1n) is 9.57. The van der Waals surface area contributed by atoms with Gasteiger partial charge in [-0.15, -0.1) is 0 Å². The highest BCUT2D eigenvalue weighted by molar-refractivity contribution is 5.96. The quantitative estimate of drug-likeness (QED) is 0.264. The van der Waals surface area contributed by atoms with Crippen LogP contribution in [0.2, 0.25) is 0 Å². The number of para-hydroxylation sites is 3. The van der Waals surface area contributed by atoms with E-state index in [1.807, 2.05) is 92.7 Å². The fourth-order valence-corrected chi connectivity index (χ4v) is 2.71. The van der Waals surface area contributed by atoms with Gasteiger partial charge in [0.15, 0.2) is 11.5 Å². The van der Waals surface area contributed by atoms with Gasteiger partial charge in [-0.05, 0) is 55.3 Å². The molecule has 0 saturated heterocycles. The second-order valence-electron chi connectivity index (χ2n) is 6.44. The van der Waals surface area contributed by atoms with Crippen molar-refractivity contribution < 1.29 is 14.2 Å². The number of aryl methyl sites for hydroxylation is 1. The van der Waals surface area contributed by atoms with E-state index >= 15 is 0 Å². The largest absolute Gasteiger partial charge is 0.493 e. The van der Waals surface area contributed by atoms with E-state index in [1.54, 1.807) is 13.4 Å². The van der Waals surface area contributed by atoms with Gasteiger partial charge in [0.1, 0.15) is 5.75 Å². The van der Waals surface area contributed by atoms with Gasteiger partial charge in [0.2, 0.25) is 5.90 Å². The lowest BCUT2D eigenvalue weighted by Crippen LogP contribution is -2.12. The van der Waals surface area contributed by atoms with Crippen molar-refractivity contribution >= 4 is 11.6 Å². The van der Waals surface area contributed by atoms with E-state index in [2.05, 4.69) is 0 Å². The smallest absolute Gasteiger partial charge is 0.226 e. The minimum Gasteiger partial charge on any atom is -0.493 e. The SMILES string of the molecule is CCC(=COc1ccccc1OC)C(=Nc1ccccc1)Oc1cccc(C)c1. The van der Waals surface area contributed by atoms with Crippen LogP contribution in [0.5, 0.6) is 17.2 Å². The van der Waals surface area contributed by atoms with Crippen molar-refractivity contribution in [1.29, 1.82) is 0 Å². The summed E-state index contributed by atoms with van der Waals surface area (Å²) in [5, 5.41) is 0. The molecule has 4 heteroatoms. The van der Waals surface area contributed by atoms with E-state index in [0.717, 1.165) is 22.6 Å². The summed E-state index contributed by atoms with van der Waals surface area (Å²) in [6.45, 7) is 4.07. The lowest BCUT2D eigenvalue weighted by molar-refractivity contribution is 0.376. The average Bonchev–Trinajstić information content (AvgIpc) is 2.75. The third-order valence-corrected chi connectivity index (χ3v) is 4.24. The fraction of sp³-hybridized carbons (Fsp3) is 0.160. The first kappa shape index (κ1) is 20.2. The second kappa shape index (κ2) is 10.1. The zero-order chi connectivity index (χ0) is 20.5. The van der Waals surface area contributed by atoms with Crippen LogP contribution in [0.1, 0.15) is 18.9 Å². The summed E-state index contributed by atoms with van der Waals surface area (Å²) in [6.07, 6.45) is 2.36. The van der Waals surface area contributed by atoms with Crippen molar-refractivity contribution in [3.8, 4) is 17.2 Å². The highest BCUT2D eigenvalue weighted by atomic mass is 16.5. The highest BCUT2D eigenvalue weighted by Crippen LogP contribution is 2.27. The summed E-state index contributed by atoms with van der Waals surface area (Å²) in [7, 11) is 1.62. The van der Waals surface area contributed by atoms with Gasteiger partial charge in [-0.2, -0.15) is 0 Å². The van der Waals surface area contributed by atoms with Gasteiger partial charge in [0, 0.05) is 5.57 Å². The van der Waals surface area contributed by atoms with E-state index in [1.165, 1.54) is 0 Å². The Morgan fingerprint density at radius 1 is 0.897 bits per heavy atom. The molecule has 0 aliphatic carbocycles. The van der Waals surface area contributed by atoms with Crippen molar-refractivity contribution in [2.45, 2.75) is 20.3 Å². The van der Waals surface area contributed by atoms with Gasteiger partial charge < -0.3 is 14.2 Å². The zero-order valence-corrected chi connectivity index (χ0v) is 17.0. The molecule has 0 heterocycles. The molecular weight excluding hydrogens is 362 g/mol. The van der Waals surface area contributed by atoms with Crippen molar-refractivity contribution in [3.63, 3.8) is 0 Å². The van der Waals surface area contributed by atoms with Crippen molar-refractivity contribution in [2.24, 2.45) is 4.99 Å². The molecule has 3 aromatic carbocycles. The monoisotopic (exact) mass is 387 g/mol. The average molecular weight is 387 g/mol. The minimum absolute atomic E-state index is 0.499.